The van der Waals surface area contributed by atoms with Gasteiger partial charge in [0.1, 0.15) is 5.75 Å². The van der Waals surface area contributed by atoms with Crippen molar-refractivity contribution in [1.29, 1.82) is 0 Å². The molecule has 3 heteroatoms. The molecule has 0 saturated carbocycles. The number of aryl methyl sites for hydroxylation is 2. The maximum Gasteiger partial charge on any atom is 0.191 e. The van der Waals surface area contributed by atoms with Crippen LogP contribution in [0.25, 0.3) is 11.3 Å². The lowest BCUT2D eigenvalue weighted by Gasteiger charge is -2.06. The number of hydrogen-bond acceptors (Lipinski definition) is 3. The Morgan fingerprint density at radius 1 is 1.27 bits per heavy atom. The maximum atomic E-state index is 5.46. The van der Waals surface area contributed by atoms with Gasteiger partial charge in [0, 0.05) is 6.92 Å². The SMILES string of the molecule is COc1cc(C)ccc1-c1cnc(C)o1. The summed E-state index contributed by atoms with van der Waals surface area (Å²) in [7, 11) is 1.65. The number of oxazole rings is 1. The van der Waals surface area contributed by atoms with Crippen molar-refractivity contribution in [1.82, 2.24) is 4.98 Å². The van der Waals surface area contributed by atoms with E-state index in [0.717, 1.165) is 22.6 Å². The van der Waals surface area contributed by atoms with E-state index in [1.165, 1.54) is 0 Å². The zero-order valence-electron chi connectivity index (χ0n) is 9.07. The van der Waals surface area contributed by atoms with Gasteiger partial charge in [-0.25, -0.2) is 4.98 Å². The Morgan fingerprint density at radius 2 is 2.07 bits per heavy atom. The minimum Gasteiger partial charge on any atom is -0.496 e. The van der Waals surface area contributed by atoms with E-state index in [9.17, 15) is 0 Å². The molecule has 3 nitrogen and oxygen atoms in total. The third-order valence-electron chi connectivity index (χ3n) is 2.24. The number of nitrogens with zero attached hydrogens (tertiary/aromatic N) is 1. The smallest absolute Gasteiger partial charge is 0.191 e. The average molecular weight is 203 g/mol. The maximum absolute atomic E-state index is 5.46. The Kier molecular flexibility index (Phi) is 2.46. The molecule has 0 unspecified atom stereocenters. The zero-order valence-corrected chi connectivity index (χ0v) is 9.07. The van der Waals surface area contributed by atoms with E-state index in [1.54, 1.807) is 13.3 Å². The van der Waals surface area contributed by atoms with Crippen LogP contribution < -0.4 is 4.74 Å². The molecule has 0 fully saturated rings. The van der Waals surface area contributed by atoms with Crippen LogP contribution in [-0.2, 0) is 0 Å². The van der Waals surface area contributed by atoms with Crippen LogP contribution in [0.4, 0.5) is 0 Å². The van der Waals surface area contributed by atoms with Crippen molar-refractivity contribution in [2.75, 3.05) is 7.11 Å². The van der Waals surface area contributed by atoms with Gasteiger partial charge >= 0.3 is 0 Å². The summed E-state index contributed by atoms with van der Waals surface area (Å²) in [5.41, 5.74) is 2.09. The number of aromatic nitrogens is 1. The summed E-state index contributed by atoms with van der Waals surface area (Å²) in [6.45, 7) is 3.85. The van der Waals surface area contributed by atoms with E-state index < -0.39 is 0 Å². The molecule has 0 amide bonds. The Bertz CT molecular complexity index is 474. The van der Waals surface area contributed by atoms with Crippen LogP contribution in [0.1, 0.15) is 11.5 Å². The molecule has 0 N–H and O–H groups in total. The summed E-state index contributed by atoms with van der Waals surface area (Å²) >= 11 is 0. The third kappa shape index (κ3) is 1.86. The van der Waals surface area contributed by atoms with E-state index in [1.807, 2.05) is 32.0 Å². The molecular weight excluding hydrogens is 190 g/mol. The number of benzene rings is 1. The third-order valence-corrected chi connectivity index (χ3v) is 2.24. The molecule has 15 heavy (non-hydrogen) atoms. The molecule has 0 aliphatic rings. The van der Waals surface area contributed by atoms with Gasteiger partial charge < -0.3 is 9.15 Å². The second-order valence-corrected chi connectivity index (χ2v) is 3.45. The predicted octanol–water partition coefficient (Wildman–Crippen LogP) is 2.97. The second-order valence-electron chi connectivity index (χ2n) is 3.45. The Labute approximate surface area is 88.7 Å². The van der Waals surface area contributed by atoms with Gasteiger partial charge in [-0.2, -0.15) is 0 Å². The van der Waals surface area contributed by atoms with E-state index in [-0.39, 0.29) is 0 Å². The number of ether oxygens (including phenoxy) is 1. The molecule has 78 valence electrons. The molecule has 0 aliphatic heterocycles. The first kappa shape index (κ1) is 9.77. The minimum atomic E-state index is 0.660. The molecule has 0 atom stereocenters. The van der Waals surface area contributed by atoms with Gasteiger partial charge in [-0.05, 0) is 24.6 Å². The van der Waals surface area contributed by atoms with Crippen LogP contribution in [0.15, 0.2) is 28.8 Å². The van der Waals surface area contributed by atoms with Crippen LogP contribution in [-0.4, -0.2) is 12.1 Å². The van der Waals surface area contributed by atoms with E-state index in [0.29, 0.717) is 5.89 Å². The summed E-state index contributed by atoms with van der Waals surface area (Å²) in [5, 5.41) is 0. The van der Waals surface area contributed by atoms with Gasteiger partial charge in [-0.1, -0.05) is 6.07 Å². The first-order chi connectivity index (χ1) is 7.20. The average Bonchev–Trinajstić information content (AvgIpc) is 2.64. The fourth-order valence-corrected chi connectivity index (χ4v) is 1.49. The van der Waals surface area contributed by atoms with Gasteiger partial charge in [0.2, 0.25) is 0 Å². The van der Waals surface area contributed by atoms with E-state index in [4.69, 9.17) is 9.15 Å². The van der Waals surface area contributed by atoms with Gasteiger partial charge in [0.05, 0.1) is 18.9 Å². The highest BCUT2D eigenvalue weighted by Crippen LogP contribution is 2.30. The molecule has 2 rings (SSSR count). The first-order valence-corrected chi connectivity index (χ1v) is 4.78. The molecule has 0 bridgehead atoms. The number of rotatable bonds is 2. The standard InChI is InChI=1S/C12H13NO2/c1-8-4-5-10(11(6-8)14-3)12-7-13-9(2)15-12/h4-7H,1-3H3. The largest absolute Gasteiger partial charge is 0.496 e. The Hall–Kier alpha value is -1.77. The van der Waals surface area contributed by atoms with Crippen molar-refractivity contribution < 1.29 is 9.15 Å². The summed E-state index contributed by atoms with van der Waals surface area (Å²) in [6.07, 6.45) is 1.71. The van der Waals surface area contributed by atoms with Gasteiger partial charge in [-0.3, -0.25) is 0 Å². The van der Waals surface area contributed by atoms with Crippen molar-refractivity contribution in [2.45, 2.75) is 13.8 Å². The van der Waals surface area contributed by atoms with Crippen LogP contribution in [0.2, 0.25) is 0 Å². The molecule has 0 spiro atoms. The fraction of sp³-hybridized carbons (Fsp3) is 0.250. The van der Waals surface area contributed by atoms with Crippen LogP contribution in [0.3, 0.4) is 0 Å². The van der Waals surface area contributed by atoms with Crippen LogP contribution in [0, 0.1) is 13.8 Å². The normalized spacial score (nSPS) is 10.3. The van der Waals surface area contributed by atoms with Gasteiger partial charge in [-0.15, -0.1) is 0 Å². The predicted molar refractivity (Wildman–Crippen MR) is 58.0 cm³/mol. The molecule has 1 aromatic carbocycles. The first-order valence-electron chi connectivity index (χ1n) is 4.78. The number of hydrogen-bond donors (Lipinski definition) is 0. The fourth-order valence-electron chi connectivity index (χ4n) is 1.49. The Balaban J connectivity index is 2.52. The molecule has 1 heterocycles. The summed E-state index contributed by atoms with van der Waals surface area (Å²) in [6, 6.07) is 5.98. The molecular formula is C12H13NO2. The summed E-state index contributed by atoms with van der Waals surface area (Å²) in [4.78, 5) is 4.07. The molecule has 0 radical (unpaired) electrons. The zero-order chi connectivity index (χ0) is 10.8. The highest BCUT2D eigenvalue weighted by molar-refractivity contribution is 5.65. The van der Waals surface area contributed by atoms with Crippen molar-refractivity contribution in [3.05, 3.63) is 35.9 Å². The topological polar surface area (TPSA) is 35.3 Å². The van der Waals surface area contributed by atoms with Crippen molar-refractivity contribution in [3.8, 4) is 17.1 Å². The lowest BCUT2D eigenvalue weighted by molar-refractivity contribution is 0.414. The van der Waals surface area contributed by atoms with E-state index >= 15 is 0 Å². The van der Waals surface area contributed by atoms with Crippen LogP contribution in [0.5, 0.6) is 5.75 Å². The lowest BCUT2D eigenvalue weighted by atomic mass is 10.1. The molecule has 0 aliphatic carbocycles. The monoisotopic (exact) mass is 203 g/mol. The minimum absolute atomic E-state index is 0.660. The van der Waals surface area contributed by atoms with Gasteiger partial charge in [0.15, 0.2) is 11.7 Å². The van der Waals surface area contributed by atoms with Crippen LogP contribution >= 0.6 is 0 Å². The molecule has 0 saturated heterocycles. The summed E-state index contributed by atoms with van der Waals surface area (Å²) < 4.78 is 10.8. The van der Waals surface area contributed by atoms with E-state index in [2.05, 4.69) is 4.98 Å². The Morgan fingerprint density at radius 3 is 2.67 bits per heavy atom. The molecule has 1 aromatic heterocycles. The highest BCUT2D eigenvalue weighted by atomic mass is 16.5. The number of methoxy groups -OCH3 is 1. The highest BCUT2D eigenvalue weighted by Gasteiger charge is 2.09. The second kappa shape index (κ2) is 3.77. The van der Waals surface area contributed by atoms with Gasteiger partial charge in [0.25, 0.3) is 0 Å². The summed E-state index contributed by atoms with van der Waals surface area (Å²) in [5.74, 6) is 2.21. The lowest BCUT2D eigenvalue weighted by Crippen LogP contribution is -1.87. The van der Waals surface area contributed by atoms with Crippen molar-refractivity contribution >= 4 is 0 Å². The van der Waals surface area contributed by atoms with Crippen molar-refractivity contribution in [3.63, 3.8) is 0 Å². The molecule has 2 aromatic rings. The quantitative estimate of drug-likeness (QED) is 0.752. The van der Waals surface area contributed by atoms with Crippen molar-refractivity contribution in [2.24, 2.45) is 0 Å².